The first-order chi connectivity index (χ1) is 13.5. The molecule has 5 heteroatoms. The predicted octanol–water partition coefficient (Wildman–Crippen LogP) is 3.63. The van der Waals surface area contributed by atoms with Gasteiger partial charge in [-0.05, 0) is 62.1 Å². The molecule has 146 valence electrons. The molecule has 2 unspecified atom stereocenters. The predicted molar refractivity (Wildman–Crippen MR) is 108 cm³/mol. The van der Waals surface area contributed by atoms with Crippen molar-refractivity contribution in [3.05, 3.63) is 59.7 Å². The first kappa shape index (κ1) is 18.5. The number of benzene rings is 2. The number of carbonyl (C=O) groups excluding carboxylic acids is 2. The fourth-order valence-electron chi connectivity index (χ4n) is 3.80. The van der Waals surface area contributed by atoms with E-state index in [2.05, 4.69) is 17.4 Å². The van der Waals surface area contributed by atoms with Crippen molar-refractivity contribution in [2.24, 2.45) is 11.8 Å². The quantitative estimate of drug-likeness (QED) is 0.864. The van der Waals surface area contributed by atoms with E-state index in [1.54, 1.807) is 0 Å². The first-order valence-electron chi connectivity index (χ1n) is 9.94. The first-order valence-corrected chi connectivity index (χ1v) is 9.94. The smallest absolute Gasteiger partial charge is 0.228 e. The molecule has 1 saturated carbocycles. The zero-order valence-electron chi connectivity index (χ0n) is 16.4. The van der Waals surface area contributed by atoms with Gasteiger partial charge in [0, 0.05) is 18.8 Å². The van der Waals surface area contributed by atoms with Crippen LogP contribution >= 0.6 is 0 Å². The van der Waals surface area contributed by atoms with Gasteiger partial charge < -0.3 is 15.0 Å². The van der Waals surface area contributed by atoms with Crippen LogP contribution < -0.4 is 10.1 Å². The number of hydrogen-bond acceptors (Lipinski definition) is 3. The van der Waals surface area contributed by atoms with Crippen LogP contribution in [0.3, 0.4) is 0 Å². The van der Waals surface area contributed by atoms with Crippen molar-refractivity contribution in [1.82, 2.24) is 4.90 Å². The summed E-state index contributed by atoms with van der Waals surface area (Å²) >= 11 is 0. The van der Waals surface area contributed by atoms with Crippen LogP contribution in [0.2, 0.25) is 0 Å². The lowest BCUT2D eigenvalue weighted by molar-refractivity contribution is -0.135. The Kier molecular flexibility index (Phi) is 5.07. The maximum absolute atomic E-state index is 12.8. The van der Waals surface area contributed by atoms with Crippen molar-refractivity contribution in [3.63, 3.8) is 0 Å². The molecule has 1 aliphatic heterocycles. The summed E-state index contributed by atoms with van der Waals surface area (Å²) in [7, 11) is 0. The van der Waals surface area contributed by atoms with E-state index in [4.69, 9.17) is 4.74 Å². The van der Waals surface area contributed by atoms with Crippen molar-refractivity contribution >= 4 is 17.5 Å². The Morgan fingerprint density at radius 3 is 2.46 bits per heavy atom. The number of carbonyl (C=O) groups is 2. The summed E-state index contributed by atoms with van der Waals surface area (Å²) in [6.07, 6.45) is 1.63. The van der Waals surface area contributed by atoms with E-state index in [-0.39, 0.29) is 29.8 Å². The topological polar surface area (TPSA) is 58.6 Å². The van der Waals surface area contributed by atoms with E-state index in [1.807, 2.05) is 55.1 Å². The largest absolute Gasteiger partial charge is 0.491 e. The second kappa shape index (κ2) is 7.66. The molecule has 0 spiro atoms. The van der Waals surface area contributed by atoms with Crippen molar-refractivity contribution in [2.45, 2.75) is 39.3 Å². The molecule has 1 heterocycles. The monoisotopic (exact) mass is 378 g/mol. The molecule has 0 radical (unpaired) electrons. The highest BCUT2D eigenvalue weighted by molar-refractivity contribution is 5.99. The Balaban J connectivity index is 1.31. The summed E-state index contributed by atoms with van der Waals surface area (Å²) in [5.74, 6) is 0.395. The van der Waals surface area contributed by atoms with Crippen LogP contribution in [0, 0.1) is 11.8 Å². The van der Waals surface area contributed by atoms with Crippen LogP contribution in [-0.4, -0.2) is 29.4 Å². The lowest BCUT2D eigenvalue weighted by Crippen LogP contribution is -2.37. The fourth-order valence-corrected chi connectivity index (χ4v) is 3.80. The third-order valence-corrected chi connectivity index (χ3v) is 5.38. The number of hydrogen-bond donors (Lipinski definition) is 1. The number of nitrogens with one attached hydrogen (secondary N) is 1. The minimum atomic E-state index is -0.226. The van der Waals surface area contributed by atoms with Gasteiger partial charge in [-0.3, -0.25) is 9.59 Å². The maximum Gasteiger partial charge on any atom is 0.228 e. The van der Waals surface area contributed by atoms with Crippen LogP contribution in [0.5, 0.6) is 5.75 Å². The van der Waals surface area contributed by atoms with Gasteiger partial charge in [-0.2, -0.15) is 0 Å². The zero-order chi connectivity index (χ0) is 19.7. The summed E-state index contributed by atoms with van der Waals surface area (Å²) in [6, 6.07) is 15.6. The molecule has 0 aromatic heterocycles. The number of rotatable bonds is 5. The lowest BCUT2D eigenvalue weighted by atomic mass is 9.99. The van der Waals surface area contributed by atoms with Gasteiger partial charge in [-0.1, -0.05) is 24.3 Å². The Bertz CT molecular complexity index is 876. The Labute approximate surface area is 165 Å². The molecule has 1 aliphatic carbocycles. The molecule has 2 atom stereocenters. The van der Waals surface area contributed by atoms with Crippen molar-refractivity contribution in [2.75, 3.05) is 11.9 Å². The third kappa shape index (κ3) is 4.03. The van der Waals surface area contributed by atoms with E-state index in [9.17, 15) is 9.59 Å². The minimum absolute atomic E-state index is 0.0757. The molecule has 1 N–H and O–H groups in total. The van der Waals surface area contributed by atoms with Gasteiger partial charge in [-0.25, -0.2) is 0 Å². The van der Waals surface area contributed by atoms with Gasteiger partial charge in [0.2, 0.25) is 11.8 Å². The molecule has 0 saturated heterocycles. The molecular weight excluding hydrogens is 352 g/mol. The van der Waals surface area contributed by atoms with E-state index in [0.717, 1.165) is 24.4 Å². The van der Waals surface area contributed by atoms with Gasteiger partial charge >= 0.3 is 0 Å². The highest BCUT2D eigenvalue weighted by atomic mass is 16.5. The summed E-state index contributed by atoms with van der Waals surface area (Å²) in [5, 5.41) is 2.92. The van der Waals surface area contributed by atoms with Gasteiger partial charge in [0.1, 0.15) is 5.75 Å². The van der Waals surface area contributed by atoms with Gasteiger partial charge in [0.05, 0.1) is 17.9 Å². The third-order valence-electron chi connectivity index (χ3n) is 5.38. The van der Waals surface area contributed by atoms with E-state index in [1.165, 1.54) is 11.1 Å². The molecule has 5 nitrogen and oxygen atoms in total. The summed E-state index contributed by atoms with van der Waals surface area (Å²) in [6.45, 7) is 5.33. The lowest BCUT2D eigenvalue weighted by Gasteiger charge is -2.29. The number of amides is 2. The summed E-state index contributed by atoms with van der Waals surface area (Å²) < 4.78 is 5.61. The van der Waals surface area contributed by atoms with Crippen LogP contribution in [0.25, 0.3) is 0 Å². The van der Waals surface area contributed by atoms with Gasteiger partial charge in [-0.15, -0.1) is 0 Å². The SMILES string of the molecule is CC(C)Oc1ccc(NC(=O)C2CC2C(=O)N2CCc3ccccc3C2)cc1. The summed E-state index contributed by atoms with van der Waals surface area (Å²) in [5.41, 5.74) is 3.26. The van der Waals surface area contributed by atoms with Crippen LogP contribution in [0.1, 0.15) is 31.4 Å². The minimum Gasteiger partial charge on any atom is -0.491 e. The van der Waals surface area contributed by atoms with Crippen LogP contribution in [0.4, 0.5) is 5.69 Å². The van der Waals surface area contributed by atoms with Crippen LogP contribution in [0.15, 0.2) is 48.5 Å². The standard InChI is InChI=1S/C23H26N2O3/c1-15(2)28-19-9-7-18(8-10-19)24-22(26)20-13-21(20)23(27)25-12-11-16-5-3-4-6-17(16)14-25/h3-10,15,20-21H,11-14H2,1-2H3,(H,24,26). The second-order valence-corrected chi connectivity index (χ2v) is 7.91. The number of nitrogens with zero attached hydrogens (tertiary/aromatic N) is 1. The Morgan fingerprint density at radius 2 is 1.75 bits per heavy atom. The molecule has 2 aromatic carbocycles. The highest BCUT2D eigenvalue weighted by Gasteiger charge is 2.49. The second-order valence-electron chi connectivity index (χ2n) is 7.91. The molecule has 4 rings (SSSR count). The van der Waals surface area contributed by atoms with E-state index >= 15 is 0 Å². The Morgan fingerprint density at radius 1 is 1.04 bits per heavy atom. The van der Waals surface area contributed by atoms with Crippen molar-refractivity contribution in [1.29, 1.82) is 0 Å². The zero-order valence-corrected chi connectivity index (χ0v) is 16.4. The van der Waals surface area contributed by atoms with Gasteiger partial charge in [0.15, 0.2) is 0 Å². The average Bonchev–Trinajstić information content (AvgIpc) is 3.49. The fraction of sp³-hybridized carbons (Fsp3) is 0.391. The molecule has 28 heavy (non-hydrogen) atoms. The molecule has 0 bridgehead atoms. The van der Waals surface area contributed by atoms with Gasteiger partial charge in [0.25, 0.3) is 0 Å². The maximum atomic E-state index is 12.8. The Hall–Kier alpha value is -2.82. The molecule has 2 amide bonds. The molecule has 2 aliphatic rings. The van der Waals surface area contributed by atoms with Crippen LogP contribution in [-0.2, 0) is 22.6 Å². The van der Waals surface area contributed by atoms with E-state index < -0.39 is 0 Å². The number of ether oxygens (including phenoxy) is 1. The summed E-state index contributed by atoms with van der Waals surface area (Å²) in [4.78, 5) is 27.2. The number of anilines is 1. The normalized spacial score (nSPS) is 20.5. The molecular formula is C23H26N2O3. The average molecular weight is 378 g/mol. The molecule has 1 fully saturated rings. The molecule has 2 aromatic rings. The van der Waals surface area contributed by atoms with Crippen molar-refractivity contribution < 1.29 is 14.3 Å². The highest BCUT2D eigenvalue weighted by Crippen LogP contribution is 2.41. The van der Waals surface area contributed by atoms with Crippen molar-refractivity contribution in [3.8, 4) is 5.75 Å². The number of fused-ring (bicyclic) bond motifs is 1. The van der Waals surface area contributed by atoms with E-state index in [0.29, 0.717) is 13.0 Å².